The van der Waals surface area contributed by atoms with Gasteiger partial charge in [-0.3, -0.25) is 4.79 Å². The summed E-state index contributed by atoms with van der Waals surface area (Å²) in [6, 6.07) is 5.53. The number of nitrogens with one attached hydrogen (secondary N) is 1. The minimum atomic E-state index is -0.772. The van der Waals surface area contributed by atoms with Crippen molar-refractivity contribution < 1.29 is 14.6 Å². The van der Waals surface area contributed by atoms with E-state index in [0.29, 0.717) is 30.3 Å². The van der Waals surface area contributed by atoms with Gasteiger partial charge >= 0.3 is 5.97 Å². The van der Waals surface area contributed by atoms with Gasteiger partial charge in [0.1, 0.15) is 12.4 Å². The second kappa shape index (κ2) is 6.29. The molecule has 5 heteroatoms. The molecule has 108 valence electrons. The number of ether oxygens (including phenoxy) is 1. The predicted octanol–water partition coefficient (Wildman–Crippen LogP) is 3.03. The molecule has 2 unspecified atom stereocenters. The molecule has 0 amide bonds. The molecule has 0 aromatic heterocycles. The number of carboxylic acid groups (broad SMARTS) is 1. The van der Waals surface area contributed by atoms with Crippen molar-refractivity contribution in [2.24, 2.45) is 5.92 Å². The largest absolute Gasteiger partial charge is 0.488 e. The van der Waals surface area contributed by atoms with Crippen molar-refractivity contribution in [3.63, 3.8) is 0 Å². The monoisotopic (exact) mass is 295 g/mol. The van der Waals surface area contributed by atoms with Crippen LogP contribution in [0.15, 0.2) is 30.4 Å². The van der Waals surface area contributed by atoms with Gasteiger partial charge in [-0.1, -0.05) is 30.3 Å². The molecule has 1 aromatic rings. The summed E-state index contributed by atoms with van der Waals surface area (Å²) >= 11 is 6.36. The first-order valence-electron chi connectivity index (χ1n) is 6.50. The van der Waals surface area contributed by atoms with E-state index in [-0.39, 0.29) is 12.0 Å². The molecule has 1 aliphatic rings. The Hall–Kier alpha value is -1.52. The fourth-order valence-electron chi connectivity index (χ4n) is 2.27. The molecule has 2 atom stereocenters. The molecule has 0 radical (unpaired) electrons. The molecule has 1 aromatic carbocycles. The highest BCUT2D eigenvalue weighted by Gasteiger charge is 2.31. The van der Waals surface area contributed by atoms with E-state index in [0.717, 1.165) is 11.1 Å². The van der Waals surface area contributed by atoms with Crippen molar-refractivity contribution >= 4 is 17.6 Å². The molecule has 2 N–H and O–H groups in total. The topological polar surface area (TPSA) is 58.6 Å². The molecule has 2 rings (SSSR count). The van der Waals surface area contributed by atoms with E-state index in [4.69, 9.17) is 21.4 Å². The Bertz CT molecular complexity index is 530. The fourth-order valence-corrected chi connectivity index (χ4v) is 2.58. The van der Waals surface area contributed by atoms with E-state index in [1.807, 2.05) is 19.1 Å². The van der Waals surface area contributed by atoms with Crippen molar-refractivity contribution in [1.82, 2.24) is 5.32 Å². The summed E-state index contributed by atoms with van der Waals surface area (Å²) in [5.41, 5.74) is 1.80. The standard InChI is InChI=1S/C15H18ClNO3/c1-9(2)8-20-13-5-3-4-11(14(13)16)12-6-10(7-17-12)15(18)19/h3-5,10,12,17H,1,6-8H2,2H3,(H,18,19). The first-order chi connectivity index (χ1) is 9.49. The van der Waals surface area contributed by atoms with Gasteiger partial charge in [-0.2, -0.15) is 0 Å². The summed E-state index contributed by atoms with van der Waals surface area (Å²) in [5.74, 6) is -0.533. The van der Waals surface area contributed by atoms with E-state index in [2.05, 4.69) is 11.9 Å². The smallest absolute Gasteiger partial charge is 0.307 e. The van der Waals surface area contributed by atoms with Crippen LogP contribution >= 0.6 is 11.6 Å². The summed E-state index contributed by atoms with van der Waals surface area (Å²) in [5, 5.41) is 12.8. The quantitative estimate of drug-likeness (QED) is 0.820. The summed E-state index contributed by atoms with van der Waals surface area (Å²) in [7, 11) is 0. The maximum atomic E-state index is 11.0. The maximum Gasteiger partial charge on any atom is 0.307 e. The van der Waals surface area contributed by atoms with Crippen LogP contribution in [0.5, 0.6) is 5.75 Å². The first kappa shape index (κ1) is 14.9. The maximum absolute atomic E-state index is 11.0. The molecule has 20 heavy (non-hydrogen) atoms. The molecule has 1 aliphatic heterocycles. The number of benzene rings is 1. The Kier molecular flexibility index (Phi) is 4.68. The highest BCUT2D eigenvalue weighted by atomic mass is 35.5. The zero-order chi connectivity index (χ0) is 14.7. The number of hydrogen-bond acceptors (Lipinski definition) is 3. The highest BCUT2D eigenvalue weighted by molar-refractivity contribution is 6.32. The molecule has 0 saturated carbocycles. The molecular weight excluding hydrogens is 278 g/mol. The Labute approximate surface area is 123 Å². The predicted molar refractivity (Wildman–Crippen MR) is 78.2 cm³/mol. The Balaban J connectivity index is 2.15. The number of aliphatic carboxylic acids is 1. The van der Waals surface area contributed by atoms with E-state index in [9.17, 15) is 4.79 Å². The third kappa shape index (κ3) is 3.32. The van der Waals surface area contributed by atoms with Crippen LogP contribution in [0.2, 0.25) is 5.02 Å². The molecule has 1 saturated heterocycles. The molecule has 1 heterocycles. The lowest BCUT2D eigenvalue weighted by atomic mass is 10.00. The number of hydrogen-bond donors (Lipinski definition) is 2. The van der Waals surface area contributed by atoms with Crippen LogP contribution in [-0.2, 0) is 4.79 Å². The van der Waals surface area contributed by atoms with Crippen molar-refractivity contribution in [1.29, 1.82) is 0 Å². The van der Waals surface area contributed by atoms with Gasteiger partial charge in [0.2, 0.25) is 0 Å². The zero-order valence-corrected chi connectivity index (χ0v) is 12.1. The molecule has 4 nitrogen and oxygen atoms in total. The van der Waals surface area contributed by atoms with Crippen molar-refractivity contribution in [3.05, 3.63) is 40.9 Å². The van der Waals surface area contributed by atoms with Crippen LogP contribution < -0.4 is 10.1 Å². The average Bonchev–Trinajstić information content (AvgIpc) is 2.87. The van der Waals surface area contributed by atoms with Crippen LogP contribution in [0.25, 0.3) is 0 Å². The third-order valence-corrected chi connectivity index (χ3v) is 3.73. The van der Waals surface area contributed by atoms with Gasteiger partial charge in [-0.25, -0.2) is 0 Å². The minimum absolute atomic E-state index is 0.0445. The minimum Gasteiger partial charge on any atom is -0.488 e. The van der Waals surface area contributed by atoms with Crippen LogP contribution in [0.3, 0.4) is 0 Å². The average molecular weight is 296 g/mol. The summed E-state index contributed by atoms with van der Waals surface area (Å²) in [6.07, 6.45) is 0.541. The van der Waals surface area contributed by atoms with Crippen LogP contribution in [0.4, 0.5) is 0 Å². The molecule has 0 aliphatic carbocycles. The van der Waals surface area contributed by atoms with E-state index < -0.39 is 5.97 Å². The Morgan fingerprint density at radius 2 is 2.35 bits per heavy atom. The molecular formula is C15H18ClNO3. The fraction of sp³-hybridized carbons (Fsp3) is 0.400. The SMILES string of the molecule is C=C(C)COc1cccc(C2CC(C(=O)O)CN2)c1Cl. The highest BCUT2D eigenvalue weighted by Crippen LogP contribution is 2.36. The number of carboxylic acids is 1. The first-order valence-corrected chi connectivity index (χ1v) is 6.88. The van der Waals surface area contributed by atoms with Gasteiger partial charge in [-0.15, -0.1) is 0 Å². The summed E-state index contributed by atoms with van der Waals surface area (Å²) in [6.45, 7) is 6.55. The normalized spacial score (nSPS) is 21.7. The van der Waals surface area contributed by atoms with E-state index in [1.54, 1.807) is 6.07 Å². The zero-order valence-electron chi connectivity index (χ0n) is 11.4. The second-order valence-corrected chi connectivity index (χ2v) is 5.51. The van der Waals surface area contributed by atoms with Crippen molar-refractivity contribution in [2.75, 3.05) is 13.2 Å². The molecule has 1 fully saturated rings. The third-order valence-electron chi connectivity index (χ3n) is 3.32. The van der Waals surface area contributed by atoms with Gasteiger partial charge in [-0.05, 0) is 30.5 Å². The Morgan fingerprint density at radius 1 is 1.60 bits per heavy atom. The van der Waals surface area contributed by atoms with Gasteiger partial charge in [0.05, 0.1) is 10.9 Å². The summed E-state index contributed by atoms with van der Waals surface area (Å²) < 4.78 is 5.60. The lowest BCUT2D eigenvalue weighted by molar-refractivity contribution is -0.141. The van der Waals surface area contributed by atoms with E-state index >= 15 is 0 Å². The van der Waals surface area contributed by atoms with Crippen LogP contribution in [-0.4, -0.2) is 24.2 Å². The number of carbonyl (C=O) groups is 1. The summed E-state index contributed by atoms with van der Waals surface area (Å²) in [4.78, 5) is 11.0. The van der Waals surface area contributed by atoms with Gasteiger partial charge < -0.3 is 15.2 Å². The Morgan fingerprint density at radius 3 is 2.95 bits per heavy atom. The second-order valence-electron chi connectivity index (χ2n) is 5.14. The number of halogens is 1. The van der Waals surface area contributed by atoms with Crippen molar-refractivity contribution in [3.8, 4) is 5.75 Å². The van der Waals surface area contributed by atoms with E-state index in [1.165, 1.54) is 0 Å². The van der Waals surface area contributed by atoms with Crippen LogP contribution in [0, 0.1) is 5.92 Å². The van der Waals surface area contributed by atoms with Crippen molar-refractivity contribution in [2.45, 2.75) is 19.4 Å². The van der Waals surface area contributed by atoms with Gasteiger partial charge in [0, 0.05) is 12.6 Å². The van der Waals surface area contributed by atoms with Crippen LogP contribution in [0.1, 0.15) is 24.9 Å². The van der Waals surface area contributed by atoms with Gasteiger partial charge in [0.25, 0.3) is 0 Å². The molecule has 0 bridgehead atoms. The lowest BCUT2D eigenvalue weighted by Gasteiger charge is -2.16. The lowest BCUT2D eigenvalue weighted by Crippen LogP contribution is -2.17. The molecule has 0 spiro atoms. The van der Waals surface area contributed by atoms with Gasteiger partial charge in [0.15, 0.2) is 0 Å². The number of rotatable bonds is 5.